The van der Waals surface area contributed by atoms with E-state index in [2.05, 4.69) is 0 Å². The Hall–Kier alpha value is -3.33. The molecule has 0 saturated heterocycles. The predicted molar refractivity (Wildman–Crippen MR) is 156 cm³/mol. The van der Waals surface area contributed by atoms with E-state index < -0.39 is 38.9 Å². The molecule has 13 nitrogen and oxygen atoms in total. The lowest BCUT2D eigenvalue weighted by molar-refractivity contribution is -0.140. The van der Waals surface area contributed by atoms with Crippen molar-refractivity contribution in [1.29, 1.82) is 0 Å². The van der Waals surface area contributed by atoms with Crippen LogP contribution in [0.25, 0.3) is 0 Å². The van der Waals surface area contributed by atoms with E-state index in [0.717, 1.165) is 56.0 Å². The van der Waals surface area contributed by atoms with Gasteiger partial charge in [0.15, 0.2) is 0 Å². The monoisotopic (exact) mass is 643 g/mol. The lowest BCUT2D eigenvalue weighted by atomic mass is 10.1. The summed E-state index contributed by atoms with van der Waals surface area (Å²) in [6.45, 7) is 0.610. The normalized spacial score (nSPS) is 11.3. The van der Waals surface area contributed by atoms with Gasteiger partial charge in [0.2, 0.25) is 0 Å². The van der Waals surface area contributed by atoms with Gasteiger partial charge < -0.3 is 33.7 Å². The summed E-state index contributed by atoms with van der Waals surface area (Å²) in [5.41, 5.74) is -0.547. The van der Waals surface area contributed by atoms with Gasteiger partial charge in [0, 0.05) is 25.4 Å². The average Bonchev–Trinajstić information content (AvgIpc) is 2.99. The first-order chi connectivity index (χ1) is 21.1. The van der Waals surface area contributed by atoms with Crippen LogP contribution in [0.1, 0.15) is 97.8 Å². The van der Waals surface area contributed by atoms with E-state index in [1.165, 1.54) is 0 Å². The highest BCUT2D eigenvalue weighted by atomic mass is 32.2. The SMILES string of the molecule is O=C(/C=C\C(=O)OCCCCCCOC(=O)c1cc(C(=O)OCCCCCCO)cc(S(=O)(=O)[O-])c1)OCCCCCCO. The Morgan fingerprint density at radius 1 is 0.568 bits per heavy atom. The number of carbonyl (C=O) groups is 4. The number of aliphatic hydroxyl groups is 2. The number of hydrogen-bond acceptors (Lipinski definition) is 13. The first kappa shape index (κ1) is 38.7. The van der Waals surface area contributed by atoms with E-state index in [9.17, 15) is 32.1 Å². The smallest absolute Gasteiger partial charge is 0.338 e. The summed E-state index contributed by atoms with van der Waals surface area (Å²) in [6, 6.07) is 2.81. The van der Waals surface area contributed by atoms with Gasteiger partial charge >= 0.3 is 23.9 Å². The van der Waals surface area contributed by atoms with Crippen molar-refractivity contribution in [1.82, 2.24) is 0 Å². The summed E-state index contributed by atoms with van der Waals surface area (Å²) in [5.74, 6) is -3.11. The molecule has 1 aromatic rings. The van der Waals surface area contributed by atoms with Crippen molar-refractivity contribution in [2.24, 2.45) is 0 Å². The number of benzene rings is 1. The van der Waals surface area contributed by atoms with Gasteiger partial charge in [-0.1, -0.05) is 12.8 Å². The average molecular weight is 644 g/mol. The van der Waals surface area contributed by atoms with Crippen LogP contribution in [-0.2, 0) is 38.7 Å². The molecule has 0 aromatic heterocycles. The second-order valence-corrected chi connectivity index (χ2v) is 11.2. The number of aliphatic hydroxyl groups excluding tert-OH is 2. The summed E-state index contributed by atoms with van der Waals surface area (Å²) >= 11 is 0. The number of unbranched alkanes of at least 4 members (excludes halogenated alkanes) is 9. The molecule has 14 heteroatoms. The van der Waals surface area contributed by atoms with Crippen LogP contribution >= 0.6 is 0 Å². The lowest BCUT2D eigenvalue weighted by Crippen LogP contribution is -2.13. The van der Waals surface area contributed by atoms with Crippen molar-refractivity contribution in [3.63, 3.8) is 0 Å². The Balaban J connectivity index is 2.36. The van der Waals surface area contributed by atoms with Crippen LogP contribution in [0.5, 0.6) is 0 Å². The van der Waals surface area contributed by atoms with E-state index in [1.807, 2.05) is 0 Å². The summed E-state index contributed by atoms with van der Waals surface area (Å²) in [4.78, 5) is 47.4. The standard InChI is InChI=1S/C30H44O13S/c31-15-7-1-3-9-17-40-27(33)13-14-28(34)41-18-10-5-6-12-20-43-30(36)25-21-24(22-26(23-25)44(37,38)39)29(35)42-19-11-4-2-8-16-32/h13-14,21-23,31-32H,1-12,15-20H2,(H,37,38,39)/p-1/b14-13-. The summed E-state index contributed by atoms with van der Waals surface area (Å²) in [5, 5.41) is 17.5. The molecule has 0 unspecified atom stereocenters. The fourth-order valence-corrected chi connectivity index (χ4v) is 4.29. The molecule has 0 spiro atoms. The molecule has 1 aromatic carbocycles. The quantitative estimate of drug-likeness (QED) is 0.0547. The van der Waals surface area contributed by atoms with Crippen LogP contribution in [0, 0.1) is 0 Å². The van der Waals surface area contributed by atoms with Gasteiger partial charge in [-0.25, -0.2) is 27.6 Å². The van der Waals surface area contributed by atoms with Crippen LogP contribution in [0.2, 0.25) is 0 Å². The highest BCUT2D eigenvalue weighted by Crippen LogP contribution is 2.18. The molecule has 0 atom stereocenters. The molecule has 0 aliphatic heterocycles. The van der Waals surface area contributed by atoms with E-state index in [1.54, 1.807) is 0 Å². The second kappa shape index (κ2) is 23.1. The van der Waals surface area contributed by atoms with Crippen molar-refractivity contribution >= 4 is 34.0 Å². The lowest BCUT2D eigenvalue weighted by Gasteiger charge is -2.12. The van der Waals surface area contributed by atoms with Gasteiger partial charge in [-0.15, -0.1) is 0 Å². The van der Waals surface area contributed by atoms with Crippen LogP contribution < -0.4 is 0 Å². The summed E-state index contributed by atoms with van der Waals surface area (Å²) in [6.07, 6.45) is 9.95. The third-order valence-corrected chi connectivity index (χ3v) is 6.93. The van der Waals surface area contributed by atoms with E-state index in [-0.39, 0.29) is 50.8 Å². The van der Waals surface area contributed by atoms with Crippen LogP contribution in [0.15, 0.2) is 35.2 Å². The van der Waals surface area contributed by atoms with Gasteiger partial charge in [0.1, 0.15) is 10.1 Å². The van der Waals surface area contributed by atoms with E-state index in [4.69, 9.17) is 29.2 Å². The molecular formula is C30H43O13S-. The van der Waals surface area contributed by atoms with Crippen LogP contribution in [0.3, 0.4) is 0 Å². The molecule has 0 amide bonds. The van der Waals surface area contributed by atoms with Gasteiger partial charge in [-0.3, -0.25) is 0 Å². The molecule has 0 saturated carbocycles. The van der Waals surface area contributed by atoms with E-state index >= 15 is 0 Å². The zero-order chi connectivity index (χ0) is 32.6. The maximum atomic E-state index is 12.5. The van der Waals surface area contributed by atoms with Crippen LogP contribution in [0.4, 0.5) is 0 Å². The van der Waals surface area contributed by atoms with Crippen molar-refractivity contribution in [2.45, 2.75) is 81.9 Å². The minimum absolute atomic E-state index is 0.00707. The van der Waals surface area contributed by atoms with Crippen molar-refractivity contribution in [3.8, 4) is 0 Å². The molecule has 1 rings (SSSR count). The maximum absolute atomic E-state index is 12.5. The topological polar surface area (TPSA) is 203 Å². The molecule has 44 heavy (non-hydrogen) atoms. The molecular weight excluding hydrogens is 600 g/mol. The maximum Gasteiger partial charge on any atom is 0.338 e. The minimum Gasteiger partial charge on any atom is -0.744 e. The van der Waals surface area contributed by atoms with Gasteiger partial charge in [-0.05, 0) is 82.4 Å². The van der Waals surface area contributed by atoms with Crippen LogP contribution in [-0.4, -0.2) is 86.7 Å². The van der Waals surface area contributed by atoms with E-state index in [0.29, 0.717) is 51.4 Å². The molecule has 0 aliphatic carbocycles. The number of rotatable bonds is 24. The summed E-state index contributed by atoms with van der Waals surface area (Å²) < 4.78 is 55.0. The highest BCUT2D eigenvalue weighted by molar-refractivity contribution is 7.85. The Morgan fingerprint density at radius 3 is 1.25 bits per heavy atom. The number of carbonyl (C=O) groups excluding carboxylic acids is 4. The zero-order valence-electron chi connectivity index (χ0n) is 24.9. The predicted octanol–water partition coefficient (Wildman–Crippen LogP) is 3.21. The van der Waals surface area contributed by atoms with Crippen molar-refractivity contribution in [2.75, 3.05) is 39.6 Å². The largest absolute Gasteiger partial charge is 0.744 e. The fraction of sp³-hybridized carbons (Fsp3) is 0.600. The molecule has 0 radical (unpaired) electrons. The molecule has 0 aliphatic rings. The van der Waals surface area contributed by atoms with Crippen molar-refractivity contribution in [3.05, 3.63) is 41.5 Å². The first-order valence-corrected chi connectivity index (χ1v) is 16.2. The zero-order valence-corrected chi connectivity index (χ0v) is 25.7. The molecule has 0 bridgehead atoms. The highest BCUT2D eigenvalue weighted by Gasteiger charge is 2.17. The second-order valence-electron chi connectivity index (χ2n) is 9.83. The molecule has 0 heterocycles. The third kappa shape index (κ3) is 18.4. The Bertz CT molecular complexity index is 1160. The molecule has 0 fully saturated rings. The van der Waals surface area contributed by atoms with Gasteiger partial charge in [0.25, 0.3) is 0 Å². The number of hydrogen-bond donors (Lipinski definition) is 2. The molecule has 2 N–H and O–H groups in total. The number of ether oxygens (including phenoxy) is 4. The molecule has 248 valence electrons. The Morgan fingerprint density at radius 2 is 0.909 bits per heavy atom. The first-order valence-electron chi connectivity index (χ1n) is 14.8. The van der Waals surface area contributed by atoms with Gasteiger partial charge in [-0.2, -0.15) is 0 Å². The number of esters is 4. The Labute approximate surface area is 258 Å². The fourth-order valence-electron chi connectivity index (χ4n) is 3.75. The minimum atomic E-state index is -4.97. The third-order valence-electron chi connectivity index (χ3n) is 6.12. The Kier molecular flexibility index (Phi) is 20.3. The van der Waals surface area contributed by atoms with Crippen molar-refractivity contribution < 1.29 is 61.3 Å². The van der Waals surface area contributed by atoms with Gasteiger partial charge in [0.05, 0.1) is 42.4 Å². The summed E-state index contributed by atoms with van der Waals surface area (Å²) in [7, 11) is -4.97.